The first kappa shape index (κ1) is 11.4. The first-order valence-electron chi connectivity index (χ1n) is 4.93. The second kappa shape index (κ2) is 5.28. The highest BCUT2D eigenvalue weighted by molar-refractivity contribution is 5.44. The van der Waals surface area contributed by atoms with Crippen LogP contribution in [0.3, 0.4) is 0 Å². The Hall–Kier alpha value is -3.12. The van der Waals surface area contributed by atoms with E-state index < -0.39 is 0 Å². The molecule has 2 aromatic rings. The molecule has 0 bridgehead atoms. The Morgan fingerprint density at radius 1 is 1.06 bits per heavy atom. The zero-order chi connectivity index (χ0) is 12.8. The molecule has 0 aliphatic heterocycles. The molecule has 0 saturated heterocycles. The largest absolute Gasteiger partial charge is 0.361 e. The van der Waals surface area contributed by atoms with Gasteiger partial charge in [-0.05, 0) is 24.3 Å². The number of pyridine rings is 2. The Labute approximate surface area is 103 Å². The molecule has 0 saturated carbocycles. The Kier molecular flexibility index (Phi) is 3.34. The Morgan fingerprint density at radius 3 is 2.17 bits per heavy atom. The average molecular weight is 234 g/mol. The molecule has 0 aliphatic rings. The van der Waals surface area contributed by atoms with Crippen LogP contribution in [0.15, 0.2) is 46.9 Å². The second-order valence-corrected chi connectivity index (χ2v) is 3.20. The van der Waals surface area contributed by atoms with Crippen LogP contribution in [0.4, 0.5) is 17.2 Å². The summed E-state index contributed by atoms with van der Waals surface area (Å²) in [7, 11) is 0. The van der Waals surface area contributed by atoms with Gasteiger partial charge in [0.2, 0.25) is 0 Å². The molecule has 6 nitrogen and oxygen atoms in total. The molecule has 0 fully saturated rings. The molecule has 0 atom stereocenters. The van der Waals surface area contributed by atoms with E-state index in [1.54, 1.807) is 24.3 Å². The van der Waals surface area contributed by atoms with Gasteiger partial charge < -0.3 is 4.85 Å². The van der Waals surface area contributed by atoms with Crippen molar-refractivity contribution in [2.24, 2.45) is 10.2 Å². The minimum atomic E-state index is 0.314. The number of nitrogens with zero attached hydrogens (tertiary/aromatic N) is 6. The van der Waals surface area contributed by atoms with Crippen LogP contribution in [0, 0.1) is 17.9 Å². The normalized spacial score (nSPS) is 9.89. The fourth-order valence-corrected chi connectivity index (χ4v) is 1.13. The summed E-state index contributed by atoms with van der Waals surface area (Å²) in [6.45, 7) is 6.76. The van der Waals surface area contributed by atoms with E-state index in [4.69, 9.17) is 11.8 Å². The summed E-state index contributed by atoms with van der Waals surface area (Å²) in [5, 5.41) is 16.5. The summed E-state index contributed by atoms with van der Waals surface area (Å²) in [4.78, 5) is 10.9. The van der Waals surface area contributed by atoms with Crippen LogP contribution in [-0.2, 0) is 0 Å². The lowest BCUT2D eigenvalue weighted by atomic mass is 10.3. The number of rotatable bonds is 2. The summed E-state index contributed by atoms with van der Waals surface area (Å²) in [6, 6.07) is 8.35. The van der Waals surface area contributed by atoms with Crippen LogP contribution in [0.1, 0.15) is 5.69 Å². The first-order chi connectivity index (χ1) is 8.81. The van der Waals surface area contributed by atoms with E-state index in [1.165, 1.54) is 12.4 Å². The van der Waals surface area contributed by atoms with Crippen LogP contribution in [0.25, 0.3) is 4.85 Å². The second-order valence-electron chi connectivity index (χ2n) is 3.20. The minimum absolute atomic E-state index is 0.314. The van der Waals surface area contributed by atoms with Crippen LogP contribution < -0.4 is 0 Å². The lowest BCUT2D eigenvalue weighted by Gasteiger charge is -1.92. The van der Waals surface area contributed by atoms with Crippen molar-refractivity contribution in [1.82, 2.24) is 9.97 Å². The van der Waals surface area contributed by atoms with Gasteiger partial charge in [0, 0.05) is 0 Å². The van der Waals surface area contributed by atoms with Crippen molar-refractivity contribution in [2.45, 2.75) is 0 Å². The van der Waals surface area contributed by atoms with E-state index in [0.717, 1.165) is 0 Å². The van der Waals surface area contributed by atoms with E-state index in [2.05, 4.69) is 25.0 Å². The standard InChI is InChI=1S/C12H6N6/c1-14-12-5-4-11(8-16-12)18-17-10-3-2-9(6-13)15-7-10/h2-5,7-8H. The molecular formula is C12H6N6. The molecule has 2 heterocycles. The summed E-state index contributed by atoms with van der Waals surface area (Å²) >= 11 is 0. The maximum Gasteiger partial charge on any atom is 0.269 e. The Bertz CT molecular complexity index is 583. The predicted molar refractivity (Wildman–Crippen MR) is 63.6 cm³/mol. The zero-order valence-electron chi connectivity index (χ0n) is 9.15. The molecule has 18 heavy (non-hydrogen) atoms. The maximum atomic E-state index is 8.59. The van der Waals surface area contributed by atoms with Crippen molar-refractivity contribution in [1.29, 1.82) is 5.26 Å². The molecule has 2 aromatic heterocycles. The zero-order valence-corrected chi connectivity index (χ0v) is 9.15. The van der Waals surface area contributed by atoms with Crippen molar-refractivity contribution >= 4 is 17.2 Å². The van der Waals surface area contributed by atoms with Gasteiger partial charge in [-0.15, -0.1) is 15.2 Å². The highest BCUT2D eigenvalue weighted by Crippen LogP contribution is 2.18. The molecule has 0 N–H and O–H groups in total. The van der Waals surface area contributed by atoms with Crippen LogP contribution in [0.5, 0.6) is 0 Å². The summed E-state index contributed by atoms with van der Waals surface area (Å²) in [5.74, 6) is 0.314. The van der Waals surface area contributed by atoms with E-state index in [-0.39, 0.29) is 0 Å². The number of hydrogen-bond donors (Lipinski definition) is 0. The molecule has 0 radical (unpaired) electrons. The van der Waals surface area contributed by atoms with Crippen molar-refractivity contribution in [2.75, 3.05) is 0 Å². The maximum absolute atomic E-state index is 8.59. The van der Waals surface area contributed by atoms with E-state index in [9.17, 15) is 0 Å². The number of hydrogen-bond acceptors (Lipinski definition) is 5. The molecular weight excluding hydrogens is 228 g/mol. The van der Waals surface area contributed by atoms with E-state index in [1.807, 2.05) is 6.07 Å². The van der Waals surface area contributed by atoms with Crippen molar-refractivity contribution in [3.05, 3.63) is 53.8 Å². The quantitative estimate of drug-likeness (QED) is 0.590. The van der Waals surface area contributed by atoms with Gasteiger partial charge in [-0.1, -0.05) is 6.57 Å². The van der Waals surface area contributed by atoms with E-state index >= 15 is 0 Å². The Balaban J connectivity index is 2.14. The van der Waals surface area contributed by atoms with Crippen LogP contribution in [-0.4, -0.2) is 9.97 Å². The van der Waals surface area contributed by atoms with Crippen LogP contribution >= 0.6 is 0 Å². The highest BCUT2D eigenvalue weighted by atomic mass is 15.1. The fraction of sp³-hybridized carbons (Fsp3) is 0. The van der Waals surface area contributed by atoms with Gasteiger partial charge in [0.15, 0.2) is 0 Å². The molecule has 0 amide bonds. The molecule has 0 unspecified atom stereocenters. The third-order valence-electron chi connectivity index (χ3n) is 1.99. The highest BCUT2D eigenvalue weighted by Gasteiger charge is 1.96. The van der Waals surface area contributed by atoms with Crippen molar-refractivity contribution in [3.8, 4) is 6.07 Å². The summed E-state index contributed by atoms with van der Waals surface area (Å²) < 4.78 is 0. The number of aromatic nitrogens is 2. The number of azo groups is 1. The lowest BCUT2D eigenvalue weighted by molar-refractivity contribution is 1.17. The van der Waals surface area contributed by atoms with Crippen LogP contribution in [0.2, 0.25) is 0 Å². The average Bonchev–Trinajstić information content (AvgIpc) is 2.46. The SMILES string of the molecule is [C-]#[N+]c1ccc(N=Nc2ccc(C#N)nc2)cn1. The third kappa shape index (κ3) is 2.71. The minimum Gasteiger partial charge on any atom is -0.361 e. The Morgan fingerprint density at radius 2 is 1.72 bits per heavy atom. The molecule has 6 heteroatoms. The third-order valence-corrected chi connectivity index (χ3v) is 1.99. The predicted octanol–water partition coefficient (Wildman–Crippen LogP) is 3.31. The summed E-state index contributed by atoms with van der Waals surface area (Å²) in [6.07, 6.45) is 2.93. The van der Waals surface area contributed by atoms with Gasteiger partial charge in [0.1, 0.15) is 29.3 Å². The number of nitriles is 1. The van der Waals surface area contributed by atoms with Gasteiger partial charge >= 0.3 is 0 Å². The van der Waals surface area contributed by atoms with Gasteiger partial charge in [-0.3, -0.25) is 0 Å². The van der Waals surface area contributed by atoms with Gasteiger partial charge in [0.25, 0.3) is 5.82 Å². The molecule has 0 aromatic carbocycles. The summed E-state index contributed by atoms with van der Waals surface area (Å²) in [5.41, 5.74) is 1.42. The smallest absolute Gasteiger partial charge is 0.269 e. The van der Waals surface area contributed by atoms with Gasteiger partial charge in [0.05, 0.1) is 6.20 Å². The molecule has 2 rings (SSSR count). The lowest BCUT2D eigenvalue weighted by Crippen LogP contribution is -1.78. The molecule has 0 spiro atoms. The van der Waals surface area contributed by atoms with Crippen molar-refractivity contribution < 1.29 is 0 Å². The fourth-order valence-electron chi connectivity index (χ4n) is 1.13. The van der Waals surface area contributed by atoms with Crippen molar-refractivity contribution in [3.63, 3.8) is 0 Å². The molecule has 0 aliphatic carbocycles. The topological polar surface area (TPSA) is 78.6 Å². The first-order valence-corrected chi connectivity index (χ1v) is 4.93. The molecule has 84 valence electrons. The van der Waals surface area contributed by atoms with Gasteiger partial charge in [-0.2, -0.15) is 5.26 Å². The van der Waals surface area contributed by atoms with Gasteiger partial charge in [-0.25, -0.2) is 4.98 Å². The van der Waals surface area contributed by atoms with E-state index in [0.29, 0.717) is 22.9 Å². The monoisotopic (exact) mass is 234 g/mol.